The fourth-order valence-electron chi connectivity index (χ4n) is 5.67. The second-order valence-electron chi connectivity index (χ2n) is 9.82. The van der Waals surface area contributed by atoms with Crippen molar-refractivity contribution in [1.29, 1.82) is 0 Å². The van der Waals surface area contributed by atoms with Crippen molar-refractivity contribution in [1.82, 2.24) is 14.5 Å². The van der Waals surface area contributed by atoms with Crippen LogP contribution in [0.15, 0.2) is 42.7 Å². The lowest BCUT2D eigenvalue weighted by Gasteiger charge is -2.27. The predicted octanol–water partition coefficient (Wildman–Crippen LogP) is 4.24. The van der Waals surface area contributed by atoms with Gasteiger partial charge in [-0.15, -0.1) is 0 Å². The number of rotatable bonds is 9. The summed E-state index contributed by atoms with van der Waals surface area (Å²) < 4.78 is 21.4. The molecular formula is C27H27ClFN3O4. The number of carbonyl (C=O) groups excluding carboxylic acids is 3. The molecule has 1 amide bonds. The minimum absolute atomic E-state index is 0.0235. The smallest absolute Gasteiger partial charge is 0.243 e. The van der Waals surface area contributed by atoms with Gasteiger partial charge in [0.05, 0.1) is 17.7 Å². The minimum atomic E-state index is -0.601. The summed E-state index contributed by atoms with van der Waals surface area (Å²) in [6.07, 6.45) is 4.89. The zero-order valence-electron chi connectivity index (χ0n) is 20.2. The monoisotopic (exact) mass is 511 g/mol. The van der Waals surface area contributed by atoms with Gasteiger partial charge >= 0.3 is 0 Å². The number of aryl methyl sites for hydroxylation is 1. The van der Waals surface area contributed by atoms with Crippen molar-refractivity contribution < 1.29 is 23.5 Å². The van der Waals surface area contributed by atoms with Gasteiger partial charge in [0.1, 0.15) is 18.0 Å². The molecule has 36 heavy (non-hydrogen) atoms. The van der Waals surface area contributed by atoms with Crippen LogP contribution < -0.4 is 0 Å². The van der Waals surface area contributed by atoms with E-state index < -0.39 is 11.9 Å². The number of aromatic nitrogens is 2. The number of halogens is 2. The number of piperidine rings is 1. The van der Waals surface area contributed by atoms with E-state index in [9.17, 15) is 18.8 Å². The fraction of sp³-hybridized carbons (Fsp3) is 0.407. The van der Waals surface area contributed by atoms with Crippen LogP contribution in [-0.2, 0) is 27.3 Å². The van der Waals surface area contributed by atoms with Gasteiger partial charge in [-0.2, -0.15) is 0 Å². The van der Waals surface area contributed by atoms with E-state index in [-0.39, 0.29) is 53.3 Å². The summed E-state index contributed by atoms with van der Waals surface area (Å²) in [7, 11) is 1.62. The van der Waals surface area contributed by atoms with E-state index in [1.807, 2.05) is 6.07 Å². The molecule has 1 aromatic carbocycles. The highest BCUT2D eigenvalue weighted by Gasteiger charge is 2.66. The number of methoxy groups -OCH3 is 1. The maximum atomic E-state index is 14.3. The molecule has 188 valence electrons. The Morgan fingerprint density at radius 1 is 1.22 bits per heavy atom. The Kier molecular flexibility index (Phi) is 6.43. The van der Waals surface area contributed by atoms with Crippen LogP contribution in [0.25, 0.3) is 11.0 Å². The van der Waals surface area contributed by atoms with Crippen LogP contribution in [0.3, 0.4) is 0 Å². The van der Waals surface area contributed by atoms with Gasteiger partial charge in [0, 0.05) is 48.3 Å². The van der Waals surface area contributed by atoms with Crippen molar-refractivity contribution in [2.45, 2.75) is 51.2 Å². The van der Waals surface area contributed by atoms with Gasteiger partial charge in [-0.3, -0.25) is 14.4 Å². The molecule has 3 heterocycles. The van der Waals surface area contributed by atoms with Crippen molar-refractivity contribution in [3.8, 4) is 0 Å². The molecule has 0 radical (unpaired) electrons. The van der Waals surface area contributed by atoms with Crippen LogP contribution in [0.5, 0.6) is 0 Å². The molecule has 9 heteroatoms. The van der Waals surface area contributed by atoms with Gasteiger partial charge in [0.2, 0.25) is 5.91 Å². The number of ether oxygens (including phenoxy) is 1. The van der Waals surface area contributed by atoms with Gasteiger partial charge in [-0.25, -0.2) is 9.37 Å². The van der Waals surface area contributed by atoms with Crippen molar-refractivity contribution in [2.24, 2.45) is 5.41 Å². The van der Waals surface area contributed by atoms with Gasteiger partial charge in [-0.1, -0.05) is 23.7 Å². The Bertz CT molecular complexity index is 1370. The number of benzene rings is 1. The zero-order chi connectivity index (χ0) is 25.6. The Hall–Kier alpha value is -3.10. The van der Waals surface area contributed by atoms with Gasteiger partial charge in [-0.05, 0) is 49.9 Å². The lowest BCUT2D eigenvalue weighted by atomic mass is 9.95. The van der Waals surface area contributed by atoms with E-state index in [1.54, 1.807) is 47.2 Å². The molecule has 1 aliphatic carbocycles. The summed E-state index contributed by atoms with van der Waals surface area (Å²) >= 11 is 5.88. The third-order valence-electron chi connectivity index (χ3n) is 7.50. The largest absolute Gasteiger partial charge is 0.384 e. The number of fused-ring (bicyclic) bond motifs is 2. The van der Waals surface area contributed by atoms with Crippen LogP contribution in [-0.4, -0.2) is 57.7 Å². The standard InChI is InChI=1S/C27H27ClFN3O4/c1-16(33)19-13-31(26-18(19)6-4-10-30-26)14-24(35)32-21(11-27(15-36-2)12-23(27)32)22(34)9-8-17-5-3-7-20(28)25(17)29/h3-7,10,13,21,23H,8-9,11-12,14-15H2,1-2H3/t21-,23+,27-/m0/s1. The minimum Gasteiger partial charge on any atom is -0.384 e. The molecule has 0 bridgehead atoms. The summed E-state index contributed by atoms with van der Waals surface area (Å²) in [4.78, 5) is 45.2. The Morgan fingerprint density at radius 3 is 2.78 bits per heavy atom. The van der Waals surface area contributed by atoms with Crippen LogP contribution in [0, 0.1) is 11.2 Å². The Labute approximate surface area is 213 Å². The average molecular weight is 512 g/mol. The third-order valence-corrected chi connectivity index (χ3v) is 7.79. The van der Waals surface area contributed by atoms with Crippen LogP contribution in [0.1, 0.15) is 42.1 Å². The maximum absolute atomic E-state index is 14.3. The van der Waals surface area contributed by atoms with E-state index in [4.69, 9.17) is 16.3 Å². The quantitative estimate of drug-likeness (QED) is 0.401. The molecule has 2 aliphatic rings. The van der Waals surface area contributed by atoms with E-state index >= 15 is 0 Å². The van der Waals surface area contributed by atoms with E-state index in [2.05, 4.69) is 4.98 Å². The molecule has 1 saturated carbocycles. The van der Waals surface area contributed by atoms with Crippen LogP contribution >= 0.6 is 11.6 Å². The Morgan fingerprint density at radius 2 is 2.03 bits per heavy atom. The molecule has 2 fully saturated rings. The molecule has 3 aromatic rings. The topological polar surface area (TPSA) is 81.5 Å². The highest BCUT2D eigenvalue weighted by molar-refractivity contribution is 6.30. The first kappa shape index (κ1) is 24.6. The molecule has 0 N–H and O–H groups in total. The molecule has 5 rings (SSSR count). The molecule has 3 atom stereocenters. The zero-order valence-corrected chi connectivity index (χ0v) is 20.9. The molecule has 7 nitrogen and oxygen atoms in total. The summed E-state index contributed by atoms with van der Waals surface area (Å²) in [5, 5.41) is 0.714. The highest BCUT2D eigenvalue weighted by Crippen LogP contribution is 2.60. The first-order valence-corrected chi connectivity index (χ1v) is 12.3. The molecule has 1 saturated heterocycles. The molecule has 1 aliphatic heterocycles. The SMILES string of the molecule is COC[C@@]12C[C@@H](C(=O)CCc3cccc(Cl)c3F)N(C(=O)Cn3cc(C(C)=O)c4cccnc43)[C@@H]1C2. The summed E-state index contributed by atoms with van der Waals surface area (Å²) in [6, 6.07) is 7.62. The van der Waals surface area contributed by atoms with Crippen molar-refractivity contribution in [3.05, 3.63) is 64.7 Å². The fourth-order valence-corrected chi connectivity index (χ4v) is 5.87. The molecule has 2 aromatic heterocycles. The van der Waals surface area contributed by atoms with Crippen molar-refractivity contribution in [3.63, 3.8) is 0 Å². The third kappa shape index (κ3) is 4.22. The normalized spacial score (nSPS) is 22.6. The second kappa shape index (κ2) is 9.41. The van der Waals surface area contributed by atoms with Crippen LogP contribution in [0.4, 0.5) is 4.39 Å². The van der Waals surface area contributed by atoms with E-state index in [0.717, 1.165) is 6.42 Å². The van der Waals surface area contributed by atoms with Gasteiger partial charge < -0.3 is 14.2 Å². The predicted molar refractivity (Wildman–Crippen MR) is 132 cm³/mol. The van der Waals surface area contributed by atoms with Crippen molar-refractivity contribution in [2.75, 3.05) is 13.7 Å². The van der Waals surface area contributed by atoms with E-state index in [1.165, 1.54) is 13.0 Å². The first-order valence-electron chi connectivity index (χ1n) is 12.0. The number of hydrogen-bond acceptors (Lipinski definition) is 5. The van der Waals surface area contributed by atoms with Gasteiger partial charge in [0.25, 0.3) is 0 Å². The van der Waals surface area contributed by atoms with Crippen LogP contribution in [0.2, 0.25) is 5.02 Å². The number of carbonyl (C=O) groups is 3. The lowest BCUT2D eigenvalue weighted by molar-refractivity contribution is -0.139. The van der Waals surface area contributed by atoms with Crippen molar-refractivity contribution >= 4 is 40.1 Å². The van der Waals surface area contributed by atoms with E-state index in [0.29, 0.717) is 35.2 Å². The number of hydrogen-bond donors (Lipinski definition) is 0. The number of nitrogens with zero attached hydrogens (tertiary/aromatic N) is 3. The lowest BCUT2D eigenvalue weighted by Crippen LogP contribution is -2.44. The Balaban J connectivity index is 1.38. The van der Waals surface area contributed by atoms with Gasteiger partial charge in [0.15, 0.2) is 11.6 Å². The highest BCUT2D eigenvalue weighted by atomic mass is 35.5. The summed E-state index contributed by atoms with van der Waals surface area (Å²) in [6.45, 7) is 1.92. The second-order valence-corrected chi connectivity index (χ2v) is 10.2. The molecule has 0 spiro atoms. The number of amides is 1. The average Bonchev–Trinajstić information content (AvgIpc) is 3.26. The number of ketones is 2. The number of pyridine rings is 1. The molecule has 0 unspecified atom stereocenters. The molecular weight excluding hydrogens is 485 g/mol. The first-order chi connectivity index (χ1) is 17.3. The number of Topliss-reactive ketones (excluding diaryl/α,β-unsaturated/α-hetero) is 2. The maximum Gasteiger partial charge on any atom is 0.243 e. The summed E-state index contributed by atoms with van der Waals surface area (Å²) in [5.74, 6) is -0.938. The summed E-state index contributed by atoms with van der Waals surface area (Å²) in [5.41, 5.74) is 1.20. The number of likely N-dealkylation sites (tertiary alicyclic amines) is 1.